The molecule has 0 saturated carbocycles. The molecule has 0 saturated heterocycles. The first-order valence-corrected chi connectivity index (χ1v) is 25.4. The Morgan fingerprint density at radius 2 is 1.46 bits per heavy atom. The summed E-state index contributed by atoms with van der Waals surface area (Å²) >= 11 is 0. The van der Waals surface area contributed by atoms with Crippen molar-refractivity contribution in [2.24, 2.45) is 17.1 Å². The zero-order chi connectivity index (χ0) is 57.4. The average molecular weight is 1080 g/mol. The van der Waals surface area contributed by atoms with Crippen LogP contribution in [0.25, 0.3) is 11.1 Å². The topological polar surface area (TPSA) is 281 Å². The summed E-state index contributed by atoms with van der Waals surface area (Å²) < 4.78 is 31.8. The number of halogens is 2. The van der Waals surface area contributed by atoms with Crippen molar-refractivity contribution in [2.45, 2.75) is 104 Å². The van der Waals surface area contributed by atoms with E-state index in [4.69, 9.17) is 5.73 Å². The lowest BCUT2D eigenvalue weighted by molar-refractivity contribution is -0.141. The van der Waals surface area contributed by atoms with Crippen LogP contribution in [0.3, 0.4) is 0 Å². The summed E-state index contributed by atoms with van der Waals surface area (Å²) in [6.07, 6.45) is 5.09. The van der Waals surface area contributed by atoms with Gasteiger partial charge >= 0.3 is 0 Å². The number of aromatic nitrogens is 2. The number of imide groups is 1. The molecular formula is C56H67F2N9O11. The van der Waals surface area contributed by atoms with Gasteiger partial charge in [-0.05, 0) is 72.7 Å². The van der Waals surface area contributed by atoms with Crippen LogP contribution in [-0.4, -0.2) is 140 Å². The van der Waals surface area contributed by atoms with Gasteiger partial charge in [0.2, 0.25) is 35.4 Å². The largest absolute Gasteiger partial charge is 0.387 e. The number of hydrogen-bond donors (Lipinski definition) is 5. The number of nitrogens with two attached hydrogens (primary N) is 1. The fraction of sp³-hybridized carbons (Fsp3) is 0.411. The van der Waals surface area contributed by atoms with E-state index < -0.39 is 120 Å². The molecular weight excluding hydrogens is 1010 g/mol. The molecule has 1 aliphatic heterocycles. The molecule has 416 valence electrons. The summed E-state index contributed by atoms with van der Waals surface area (Å²) in [7, 11) is 1.45. The SMILES string of the molecule is C[C@H](CC(=O)[C@H](C)N(C)C(=O)Cc1ccncc1)C(=O)N[C@@H](CC(N)=O)C(=O)N[C@@H](CCN(C(=O)CO)[C@@H](c1cc(-c2cc(F)ccc2F)cn1Cc1ccccc1)C(C)(C)C)C(=O)NCCCC(=O)CN1C(=O)C=CC1=O. The summed E-state index contributed by atoms with van der Waals surface area (Å²) in [5.74, 6) is -9.71. The fourth-order valence-corrected chi connectivity index (χ4v) is 8.89. The van der Waals surface area contributed by atoms with Gasteiger partial charge in [0.1, 0.15) is 30.3 Å². The van der Waals surface area contributed by atoms with Crippen LogP contribution in [-0.2, 0) is 60.9 Å². The zero-order valence-corrected chi connectivity index (χ0v) is 44.5. The Balaban J connectivity index is 1.41. The van der Waals surface area contributed by atoms with E-state index in [1.54, 1.807) is 29.0 Å². The number of benzene rings is 2. The zero-order valence-electron chi connectivity index (χ0n) is 44.5. The first kappa shape index (κ1) is 60.6. The maximum atomic E-state index is 15.4. The second-order valence-electron chi connectivity index (χ2n) is 20.3. The minimum atomic E-state index is -1.70. The number of nitrogens with zero attached hydrogens (tertiary/aromatic N) is 5. The predicted octanol–water partition coefficient (Wildman–Crippen LogP) is 3.10. The smallest absolute Gasteiger partial charge is 0.254 e. The van der Waals surface area contributed by atoms with Crippen molar-refractivity contribution in [1.29, 1.82) is 0 Å². The molecule has 4 aromatic rings. The van der Waals surface area contributed by atoms with Gasteiger partial charge in [-0.2, -0.15) is 0 Å². The molecule has 22 heteroatoms. The lowest BCUT2D eigenvalue weighted by Gasteiger charge is -2.41. The number of rotatable bonds is 28. The maximum absolute atomic E-state index is 15.4. The van der Waals surface area contributed by atoms with Crippen molar-refractivity contribution < 1.29 is 61.8 Å². The first-order valence-electron chi connectivity index (χ1n) is 25.4. The molecule has 0 aliphatic carbocycles. The number of pyridine rings is 1. The lowest BCUT2D eigenvalue weighted by Crippen LogP contribution is -2.56. The number of primary amides is 1. The van der Waals surface area contributed by atoms with Crippen molar-refractivity contribution in [3.63, 3.8) is 0 Å². The highest BCUT2D eigenvalue weighted by Crippen LogP contribution is 2.41. The molecule has 0 radical (unpaired) electrons. The van der Waals surface area contributed by atoms with Gasteiger partial charge in [-0.1, -0.05) is 58.0 Å². The number of likely N-dealkylation sites (N-methyl/N-ethyl adjacent to an activating group) is 1. The Morgan fingerprint density at radius 1 is 0.808 bits per heavy atom. The molecule has 6 N–H and O–H groups in total. The summed E-state index contributed by atoms with van der Waals surface area (Å²) in [6.45, 7) is 6.53. The van der Waals surface area contributed by atoms with E-state index >= 15 is 4.39 Å². The summed E-state index contributed by atoms with van der Waals surface area (Å²) in [6, 6.07) is 12.0. The number of ketones is 2. The minimum Gasteiger partial charge on any atom is -0.387 e. The van der Waals surface area contributed by atoms with Crippen LogP contribution in [0.4, 0.5) is 8.78 Å². The van der Waals surface area contributed by atoms with Gasteiger partial charge in [-0.3, -0.25) is 57.8 Å². The van der Waals surface area contributed by atoms with Gasteiger partial charge in [-0.25, -0.2) is 8.78 Å². The number of aliphatic hydroxyl groups is 1. The minimum absolute atomic E-state index is 0.00435. The molecule has 5 rings (SSSR count). The molecule has 0 fully saturated rings. The van der Waals surface area contributed by atoms with Crippen LogP contribution in [0, 0.1) is 23.0 Å². The Bertz CT molecular complexity index is 2870. The number of hydrogen-bond acceptors (Lipinski definition) is 12. The van der Waals surface area contributed by atoms with Gasteiger partial charge in [0.25, 0.3) is 11.8 Å². The second-order valence-corrected chi connectivity index (χ2v) is 20.3. The van der Waals surface area contributed by atoms with Crippen molar-refractivity contribution >= 4 is 58.8 Å². The van der Waals surface area contributed by atoms with Crippen molar-refractivity contribution in [2.75, 3.05) is 33.3 Å². The van der Waals surface area contributed by atoms with E-state index in [1.807, 2.05) is 51.1 Å². The van der Waals surface area contributed by atoms with Crippen LogP contribution >= 0.6 is 0 Å². The summed E-state index contributed by atoms with van der Waals surface area (Å²) in [5, 5.41) is 18.2. The Morgan fingerprint density at radius 3 is 2.09 bits per heavy atom. The van der Waals surface area contributed by atoms with Crippen LogP contribution in [0.2, 0.25) is 0 Å². The van der Waals surface area contributed by atoms with Crippen molar-refractivity contribution in [3.8, 4) is 11.1 Å². The summed E-state index contributed by atoms with van der Waals surface area (Å²) in [4.78, 5) is 139. The molecule has 0 unspecified atom stereocenters. The maximum Gasteiger partial charge on any atom is 0.254 e. The van der Waals surface area contributed by atoms with Crippen LogP contribution in [0.15, 0.2) is 97.5 Å². The van der Waals surface area contributed by atoms with E-state index in [0.717, 1.165) is 40.8 Å². The number of amides is 8. The molecule has 2 aromatic heterocycles. The highest BCUT2D eigenvalue weighted by Gasteiger charge is 2.39. The third-order valence-corrected chi connectivity index (χ3v) is 13.2. The average Bonchev–Trinajstić information content (AvgIpc) is 3.95. The molecule has 0 spiro atoms. The molecule has 3 heterocycles. The highest BCUT2D eigenvalue weighted by atomic mass is 19.1. The molecule has 20 nitrogen and oxygen atoms in total. The normalized spacial score (nSPS) is 14.2. The molecule has 8 amide bonds. The lowest BCUT2D eigenvalue weighted by atomic mass is 9.82. The Hall–Kier alpha value is -8.27. The third kappa shape index (κ3) is 16.9. The van der Waals surface area contributed by atoms with Crippen LogP contribution in [0.5, 0.6) is 0 Å². The molecule has 1 aliphatic rings. The molecule has 2 aromatic carbocycles. The fourth-order valence-electron chi connectivity index (χ4n) is 8.89. The number of aliphatic hydroxyl groups excluding tert-OH is 1. The first-order chi connectivity index (χ1) is 36.9. The number of carbonyl (C=O) groups is 10. The number of Topliss-reactive ketones (excluding diaryl/α,β-unsaturated/α-hetero) is 2. The van der Waals surface area contributed by atoms with Gasteiger partial charge < -0.3 is 41.2 Å². The Labute approximate surface area is 450 Å². The standard InChI is InChI=1S/C56H67F2N9O11/c1-34(25-46(70)35(2)64(6)50(74)26-36-18-22-60-23-19-36)53(76)63-44(29-47(59)71)55(78)62-43(54(77)61-21-10-13-40(69)32-67-48(72)16-17-49(67)73)20-24-66(51(75)33-68)52(56(3,4)5)45-27-38(41-28-39(57)14-15-42(41)58)31-65(45)30-37-11-8-7-9-12-37/h7-9,11-12,14-19,22-23,27-28,31,34-35,43-44,52,68H,10,13,20-21,24-26,29-30,32-33H2,1-6H3,(H2,59,71)(H,61,77)(H,62,78)(H,63,76)/t34-,35+,43+,44+,52+/m1/s1. The monoisotopic (exact) mass is 1080 g/mol. The Kier molecular flexibility index (Phi) is 21.5. The number of nitrogens with one attached hydrogen (secondary N) is 3. The molecule has 78 heavy (non-hydrogen) atoms. The van der Waals surface area contributed by atoms with Gasteiger partial charge in [0, 0.05) is 93.0 Å². The van der Waals surface area contributed by atoms with E-state index in [2.05, 4.69) is 20.9 Å². The van der Waals surface area contributed by atoms with Crippen LogP contribution < -0.4 is 21.7 Å². The highest BCUT2D eigenvalue weighted by molar-refractivity contribution is 6.14. The van der Waals surface area contributed by atoms with E-state index in [0.29, 0.717) is 11.3 Å². The van der Waals surface area contributed by atoms with Gasteiger partial charge in [0.05, 0.1) is 31.5 Å². The number of carbonyl (C=O) groups excluding carboxylic acids is 10. The van der Waals surface area contributed by atoms with Crippen molar-refractivity contribution in [1.82, 2.24) is 40.2 Å². The predicted molar refractivity (Wildman–Crippen MR) is 281 cm³/mol. The third-order valence-electron chi connectivity index (χ3n) is 13.2. The second kappa shape index (κ2) is 27.7. The van der Waals surface area contributed by atoms with Crippen molar-refractivity contribution in [3.05, 3.63) is 126 Å². The summed E-state index contributed by atoms with van der Waals surface area (Å²) in [5.41, 5.74) is 6.80. The van der Waals surface area contributed by atoms with Gasteiger partial charge in [0.15, 0.2) is 11.6 Å². The quantitative estimate of drug-likeness (QED) is 0.0406. The molecule has 5 atom stereocenters. The van der Waals surface area contributed by atoms with Gasteiger partial charge in [-0.15, -0.1) is 0 Å². The van der Waals surface area contributed by atoms with E-state index in [9.17, 15) is 57.4 Å². The molecule has 0 bridgehead atoms. The van der Waals surface area contributed by atoms with E-state index in [1.165, 1.54) is 43.1 Å². The van der Waals surface area contributed by atoms with Crippen LogP contribution in [0.1, 0.15) is 89.6 Å². The van der Waals surface area contributed by atoms with E-state index in [-0.39, 0.29) is 68.8 Å².